The number of carbonyl (C=O) groups excluding carboxylic acids is 1. The van der Waals surface area contributed by atoms with Crippen LogP contribution < -0.4 is 11.1 Å². The highest BCUT2D eigenvalue weighted by molar-refractivity contribution is 6.35. The molecule has 1 amide bonds. The number of fused-ring (bicyclic) bond motifs is 1. The highest BCUT2D eigenvalue weighted by Gasteiger charge is 2.36. The Morgan fingerprint density at radius 3 is 2.44 bits per heavy atom. The van der Waals surface area contributed by atoms with E-state index in [9.17, 15) is 14.4 Å². The number of rotatable bonds is 8. The summed E-state index contributed by atoms with van der Waals surface area (Å²) < 4.78 is 20.7. The smallest absolute Gasteiger partial charge is 0.335 e. The molecule has 0 saturated carbocycles. The Kier molecular flexibility index (Phi) is 10.4. The number of nitrogens with two attached hydrogens (primary N) is 1. The molecule has 0 radical (unpaired) electrons. The lowest BCUT2D eigenvalue weighted by molar-refractivity contribution is -0.165. The molecule has 14 heteroatoms. The highest BCUT2D eigenvalue weighted by Crippen LogP contribution is 2.31. The third-order valence-corrected chi connectivity index (χ3v) is 7.10. The maximum atomic E-state index is 15.3. The van der Waals surface area contributed by atoms with Crippen LogP contribution in [0.2, 0.25) is 5.02 Å². The second-order valence-electron chi connectivity index (χ2n) is 9.65. The van der Waals surface area contributed by atoms with Crippen LogP contribution in [-0.4, -0.2) is 105 Å². The van der Waals surface area contributed by atoms with Gasteiger partial charge in [0.25, 0.3) is 5.91 Å². The molecule has 2 aliphatic heterocycles. The van der Waals surface area contributed by atoms with Gasteiger partial charge >= 0.3 is 11.9 Å². The third kappa shape index (κ3) is 7.96. The van der Waals surface area contributed by atoms with Gasteiger partial charge in [-0.2, -0.15) is 0 Å². The molecule has 3 atom stereocenters. The summed E-state index contributed by atoms with van der Waals surface area (Å²) in [5.41, 5.74) is 5.75. The van der Waals surface area contributed by atoms with E-state index in [-0.39, 0.29) is 11.6 Å². The molecular formula is C25H32ClFN4O8. The molecule has 2 fully saturated rings. The fraction of sp³-hybridized carbons (Fsp3) is 0.520. The van der Waals surface area contributed by atoms with Gasteiger partial charge < -0.3 is 41.1 Å². The molecule has 2 saturated heterocycles. The number of carbonyl (C=O) groups is 3. The van der Waals surface area contributed by atoms with Crippen molar-refractivity contribution in [1.29, 1.82) is 0 Å². The van der Waals surface area contributed by atoms with Crippen molar-refractivity contribution in [3.63, 3.8) is 0 Å². The predicted molar refractivity (Wildman–Crippen MR) is 139 cm³/mol. The number of benzene rings is 1. The minimum atomic E-state index is -2.27. The lowest BCUT2D eigenvalue weighted by Crippen LogP contribution is -2.49. The molecule has 1 aromatic heterocycles. The molecule has 2 aliphatic rings. The molecule has 1 aromatic carbocycles. The molecule has 39 heavy (non-hydrogen) atoms. The Labute approximate surface area is 228 Å². The fourth-order valence-corrected chi connectivity index (χ4v) is 4.63. The predicted octanol–water partition coefficient (Wildman–Crippen LogP) is 0.918. The number of anilines is 1. The van der Waals surface area contributed by atoms with Crippen LogP contribution in [0.25, 0.3) is 10.9 Å². The van der Waals surface area contributed by atoms with Crippen molar-refractivity contribution in [1.82, 2.24) is 15.2 Å². The van der Waals surface area contributed by atoms with Crippen molar-refractivity contribution >= 4 is 46.0 Å². The van der Waals surface area contributed by atoms with Crippen molar-refractivity contribution in [2.75, 3.05) is 45.1 Å². The van der Waals surface area contributed by atoms with E-state index in [1.807, 2.05) is 0 Å². The van der Waals surface area contributed by atoms with Gasteiger partial charge in [0, 0.05) is 37.8 Å². The number of piperidine rings is 1. The average molecular weight is 571 g/mol. The maximum absolute atomic E-state index is 15.3. The molecule has 12 nitrogen and oxygen atoms in total. The summed E-state index contributed by atoms with van der Waals surface area (Å²) in [6.45, 7) is 3.96. The van der Waals surface area contributed by atoms with E-state index in [0.717, 1.165) is 26.2 Å². The lowest BCUT2D eigenvalue weighted by atomic mass is 9.92. The Bertz CT molecular complexity index is 1170. The number of nitrogens with zero attached hydrogens (tertiary/aromatic N) is 2. The maximum Gasteiger partial charge on any atom is 0.335 e. The summed E-state index contributed by atoms with van der Waals surface area (Å²) >= 11 is 6.18. The normalized spacial score (nSPS) is 20.5. The number of aliphatic carboxylic acids is 2. The minimum absolute atomic E-state index is 0.0253. The van der Waals surface area contributed by atoms with Crippen molar-refractivity contribution < 1.29 is 43.9 Å². The number of pyridine rings is 1. The summed E-state index contributed by atoms with van der Waals surface area (Å²) in [5.74, 6) is -3.37. The fourth-order valence-electron chi connectivity index (χ4n) is 4.42. The van der Waals surface area contributed by atoms with Gasteiger partial charge in [-0.05, 0) is 43.4 Å². The van der Waals surface area contributed by atoms with E-state index in [1.165, 1.54) is 6.07 Å². The van der Waals surface area contributed by atoms with Gasteiger partial charge in [0.05, 0.1) is 34.9 Å². The second kappa shape index (κ2) is 13.3. The number of aromatic nitrogens is 1. The number of hydrogen-bond acceptors (Lipinski definition) is 9. The summed E-state index contributed by atoms with van der Waals surface area (Å²) in [7, 11) is 0. The lowest BCUT2D eigenvalue weighted by Gasteiger charge is -2.37. The number of carboxylic acids is 2. The zero-order valence-corrected chi connectivity index (χ0v) is 21.8. The zero-order valence-electron chi connectivity index (χ0n) is 21.1. The van der Waals surface area contributed by atoms with Crippen LogP contribution in [0.5, 0.6) is 0 Å². The zero-order chi connectivity index (χ0) is 28.7. The van der Waals surface area contributed by atoms with Gasteiger partial charge in [-0.3, -0.25) is 9.78 Å². The number of amides is 1. The van der Waals surface area contributed by atoms with Gasteiger partial charge in [0.15, 0.2) is 12.2 Å². The van der Waals surface area contributed by atoms with E-state index >= 15 is 4.39 Å². The van der Waals surface area contributed by atoms with Crippen molar-refractivity contribution in [3.8, 4) is 0 Å². The van der Waals surface area contributed by atoms with Gasteiger partial charge in [0.1, 0.15) is 5.67 Å². The SMILES string of the molecule is Nc1c(Cl)cc(C(=O)NCC2(F)CCN(CC3CCOC3)CC2)c2ncccc12.O=C(O)C(O)C(O)C(=O)O. The quantitative estimate of drug-likeness (QED) is 0.247. The van der Waals surface area contributed by atoms with Crippen molar-refractivity contribution in [2.24, 2.45) is 5.92 Å². The molecule has 4 rings (SSSR count). The number of nitrogens with one attached hydrogen (secondary N) is 1. The molecule has 3 unspecified atom stereocenters. The first-order valence-corrected chi connectivity index (χ1v) is 12.7. The largest absolute Gasteiger partial charge is 0.479 e. The van der Waals surface area contributed by atoms with E-state index in [4.69, 9.17) is 42.5 Å². The average Bonchev–Trinajstić information content (AvgIpc) is 3.43. The van der Waals surface area contributed by atoms with E-state index in [2.05, 4.69) is 15.2 Å². The molecule has 0 aliphatic carbocycles. The standard InChI is InChI=1S/C21H26ClFN4O2.C4H6O6/c22-17-10-16(19-15(18(17)24)2-1-6-25-19)20(28)26-13-21(23)4-7-27(8-5-21)11-14-3-9-29-12-14;5-1(3(7)8)2(6)4(9)10/h1-2,6,10,14H,3-5,7-9,11-13,24H2,(H,26,28);1-2,5-6H,(H,7,8)(H,9,10). The topological polar surface area (TPSA) is 196 Å². The van der Waals surface area contributed by atoms with Crippen LogP contribution in [0.1, 0.15) is 29.6 Å². The summed E-state index contributed by atoms with van der Waals surface area (Å²) in [4.78, 5) is 38.9. The van der Waals surface area contributed by atoms with Gasteiger partial charge in [0.2, 0.25) is 0 Å². The summed E-state index contributed by atoms with van der Waals surface area (Å²) in [5, 5.41) is 36.2. The molecule has 0 spiro atoms. The van der Waals surface area contributed by atoms with Gasteiger partial charge in [-0.1, -0.05) is 11.6 Å². The van der Waals surface area contributed by atoms with Crippen LogP contribution in [-0.2, 0) is 14.3 Å². The first kappa shape index (κ1) is 30.4. The van der Waals surface area contributed by atoms with Crippen LogP contribution in [0, 0.1) is 5.92 Å². The van der Waals surface area contributed by atoms with Gasteiger partial charge in [-0.25, -0.2) is 14.0 Å². The van der Waals surface area contributed by atoms with Crippen molar-refractivity contribution in [2.45, 2.75) is 37.1 Å². The molecule has 2 aromatic rings. The third-order valence-electron chi connectivity index (χ3n) is 6.79. The van der Waals surface area contributed by atoms with E-state index in [0.29, 0.717) is 54.0 Å². The van der Waals surface area contributed by atoms with Crippen LogP contribution in [0.3, 0.4) is 0 Å². The molecule has 0 bridgehead atoms. The Morgan fingerprint density at radius 1 is 1.23 bits per heavy atom. The Morgan fingerprint density at radius 2 is 1.87 bits per heavy atom. The second-order valence-corrected chi connectivity index (χ2v) is 10.1. The first-order valence-electron chi connectivity index (χ1n) is 12.3. The number of carboxylic acid groups (broad SMARTS) is 2. The van der Waals surface area contributed by atoms with Gasteiger partial charge in [-0.15, -0.1) is 0 Å². The summed E-state index contributed by atoms with van der Waals surface area (Å²) in [6.07, 6.45) is -1.05. The highest BCUT2D eigenvalue weighted by atomic mass is 35.5. The van der Waals surface area contributed by atoms with Crippen LogP contribution >= 0.6 is 11.6 Å². The number of hydrogen-bond donors (Lipinski definition) is 6. The number of aliphatic hydroxyl groups is 2. The number of ether oxygens (including phenoxy) is 1. The number of likely N-dealkylation sites (tertiary alicyclic amines) is 1. The molecule has 7 N–H and O–H groups in total. The molecular weight excluding hydrogens is 539 g/mol. The van der Waals surface area contributed by atoms with Crippen LogP contribution in [0.4, 0.5) is 10.1 Å². The Balaban J connectivity index is 0.000000360. The Hall–Kier alpha value is -3.10. The van der Waals surface area contributed by atoms with E-state index in [1.54, 1.807) is 18.3 Å². The first-order chi connectivity index (χ1) is 18.4. The number of halogens is 2. The molecule has 3 heterocycles. The summed E-state index contributed by atoms with van der Waals surface area (Å²) in [6, 6.07) is 5.00. The van der Waals surface area contributed by atoms with E-state index < -0.39 is 35.7 Å². The minimum Gasteiger partial charge on any atom is -0.479 e. The number of nitrogen functional groups attached to an aromatic ring is 1. The van der Waals surface area contributed by atoms with Crippen molar-refractivity contribution in [3.05, 3.63) is 35.0 Å². The number of alkyl halides is 1. The monoisotopic (exact) mass is 570 g/mol. The molecule has 214 valence electrons. The number of aliphatic hydroxyl groups excluding tert-OH is 2. The van der Waals surface area contributed by atoms with Crippen LogP contribution in [0.15, 0.2) is 24.4 Å².